The van der Waals surface area contributed by atoms with E-state index in [0.717, 1.165) is 0 Å². The minimum Gasteiger partial charge on any atom is -0.324 e. The molecule has 2 atom stereocenters. The standard InChI is InChI=1S/2C8H11N/c2*1-7(9)8-5-3-2-4-6-8/h2*2-7H,9H2,1H3/t7-;/m0./s1. The minimum atomic E-state index is 0.159. The Bertz CT molecular complexity index is 378. The molecule has 0 aliphatic carbocycles. The van der Waals surface area contributed by atoms with E-state index in [0.29, 0.717) is 0 Å². The normalized spacial score (nSPS) is 13.1. The van der Waals surface area contributed by atoms with Crippen molar-refractivity contribution >= 4 is 0 Å². The van der Waals surface area contributed by atoms with Gasteiger partial charge in [0.25, 0.3) is 0 Å². The monoisotopic (exact) mass is 242 g/mol. The average Bonchev–Trinajstić information content (AvgIpc) is 2.41. The van der Waals surface area contributed by atoms with Crippen molar-refractivity contribution in [3.05, 3.63) is 71.8 Å². The number of hydrogen-bond donors (Lipinski definition) is 2. The summed E-state index contributed by atoms with van der Waals surface area (Å²) in [6.45, 7) is 3.96. The molecule has 0 amide bonds. The summed E-state index contributed by atoms with van der Waals surface area (Å²) in [5, 5.41) is 0. The summed E-state index contributed by atoms with van der Waals surface area (Å²) in [5.41, 5.74) is 13.6. The summed E-state index contributed by atoms with van der Waals surface area (Å²) in [4.78, 5) is 0. The van der Waals surface area contributed by atoms with Gasteiger partial charge in [0.15, 0.2) is 0 Å². The molecule has 2 aromatic rings. The summed E-state index contributed by atoms with van der Waals surface area (Å²) in [6.07, 6.45) is 0. The maximum atomic E-state index is 5.61. The average molecular weight is 242 g/mol. The van der Waals surface area contributed by atoms with Gasteiger partial charge in [-0.05, 0) is 25.0 Å². The molecular formula is C16H22N2. The number of nitrogens with two attached hydrogens (primary N) is 2. The molecule has 0 aliphatic heterocycles. The second kappa shape index (κ2) is 7.64. The van der Waals surface area contributed by atoms with E-state index in [-0.39, 0.29) is 12.1 Å². The third-order valence-electron chi connectivity index (χ3n) is 2.65. The lowest BCUT2D eigenvalue weighted by Gasteiger charge is -2.02. The Labute approximate surface area is 110 Å². The Morgan fingerprint density at radius 1 is 0.611 bits per heavy atom. The van der Waals surface area contributed by atoms with Crippen molar-refractivity contribution in [3.63, 3.8) is 0 Å². The predicted octanol–water partition coefficient (Wildman–Crippen LogP) is 3.41. The van der Waals surface area contributed by atoms with Crippen molar-refractivity contribution in [2.75, 3.05) is 0 Å². The summed E-state index contributed by atoms with van der Waals surface area (Å²) in [7, 11) is 0. The van der Waals surface area contributed by atoms with Crippen LogP contribution in [0.1, 0.15) is 37.1 Å². The first-order chi connectivity index (χ1) is 8.61. The van der Waals surface area contributed by atoms with Crippen LogP contribution in [0.5, 0.6) is 0 Å². The van der Waals surface area contributed by atoms with Gasteiger partial charge < -0.3 is 11.5 Å². The molecule has 2 aromatic carbocycles. The van der Waals surface area contributed by atoms with E-state index in [4.69, 9.17) is 11.5 Å². The van der Waals surface area contributed by atoms with Crippen LogP contribution in [0.2, 0.25) is 0 Å². The Morgan fingerprint density at radius 3 is 1.06 bits per heavy atom. The molecule has 2 rings (SSSR count). The van der Waals surface area contributed by atoms with Gasteiger partial charge in [0.2, 0.25) is 0 Å². The molecule has 0 bridgehead atoms. The van der Waals surface area contributed by atoms with Crippen LogP contribution in [-0.4, -0.2) is 0 Å². The highest BCUT2D eigenvalue weighted by atomic mass is 14.6. The quantitative estimate of drug-likeness (QED) is 0.848. The van der Waals surface area contributed by atoms with E-state index in [1.165, 1.54) is 11.1 Å². The smallest absolute Gasteiger partial charge is 0.0266 e. The van der Waals surface area contributed by atoms with Crippen LogP contribution >= 0.6 is 0 Å². The molecule has 96 valence electrons. The van der Waals surface area contributed by atoms with Crippen molar-refractivity contribution in [1.82, 2.24) is 0 Å². The van der Waals surface area contributed by atoms with Gasteiger partial charge in [-0.3, -0.25) is 0 Å². The van der Waals surface area contributed by atoms with Gasteiger partial charge in [0.1, 0.15) is 0 Å². The maximum Gasteiger partial charge on any atom is 0.0266 e. The number of rotatable bonds is 2. The zero-order valence-electron chi connectivity index (χ0n) is 11.1. The van der Waals surface area contributed by atoms with Gasteiger partial charge in [-0.15, -0.1) is 0 Å². The van der Waals surface area contributed by atoms with Crippen LogP contribution in [0, 0.1) is 0 Å². The third kappa shape index (κ3) is 5.13. The first kappa shape index (κ1) is 14.4. The predicted molar refractivity (Wildman–Crippen MR) is 78.1 cm³/mol. The van der Waals surface area contributed by atoms with E-state index in [2.05, 4.69) is 0 Å². The minimum absolute atomic E-state index is 0.159. The molecule has 0 aromatic heterocycles. The molecule has 18 heavy (non-hydrogen) atoms. The van der Waals surface area contributed by atoms with Crippen molar-refractivity contribution in [3.8, 4) is 0 Å². The first-order valence-electron chi connectivity index (χ1n) is 6.22. The van der Waals surface area contributed by atoms with Crippen LogP contribution in [0.3, 0.4) is 0 Å². The lowest BCUT2D eigenvalue weighted by molar-refractivity contribution is 0.818. The fraction of sp³-hybridized carbons (Fsp3) is 0.250. The fourth-order valence-corrected chi connectivity index (χ4v) is 1.51. The van der Waals surface area contributed by atoms with Gasteiger partial charge in [0, 0.05) is 12.1 Å². The highest BCUT2D eigenvalue weighted by Gasteiger charge is 1.94. The molecule has 0 aliphatic rings. The lowest BCUT2D eigenvalue weighted by Crippen LogP contribution is -2.03. The fourth-order valence-electron chi connectivity index (χ4n) is 1.51. The third-order valence-corrected chi connectivity index (χ3v) is 2.65. The summed E-state index contributed by atoms with van der Waals surface area (Å²) >= 11 is 0. The Kier molecular flexibility index (Phi) is 6.12. The van der Waals surface area contributed by atoms with E-state index >= 15 is 0 Å². The van der Waals surface area contributed by atoms with Crippen molar-refractivity contribution in [2.24, 2.45) is 11.5 Å². The van der Waals surface area contributed by atoms with Crippen molar-refractivity contribution in [2.45, 2.75) is 25.9 Å². The van der Waals surface area contributed by atoms with Gasteiger partial charge in [0.05, 0.1) is 0 Å². The zero-order chi connectivity index (χ0) is 13.4. The van der Waals surface area contributed by atoms with E-state index in [1.807, 2.05) is 74.5 Å². The van der Waals surface area contributed by atoms with Crippen LogP contribution < -0.4 is 11.5 Å². The SMILES string of the molecule is CC(N)c1ccccc1.C[C@H](N)c1ccccc1. The molecular weight excluding hydrogens is 220 g/mol. The maximum absolute atomic E-state index is 5.61. The van der Waals surface area contributed by atoms with Gasteiger partial charge >= 0.3 is 0 Å². The first-order valence-corrected chi connectivity index (χ1v) is 6.22. The van der Waals surface area contributed by atoms with E-state index in [1.54, 1.807) is 0 Å². The zero-order valence-corrected chi connectivity index (χ0v) is 11.1. The molecule has 0 fully saturated rings. The van der Waals surface area contributed by atoms with Crippen LogP contribution in [0.25, 0.3) is 0 Å². The Morgan fingerprint density at radius 2 is 0.889 bits per heavy atom. The Balaban J connectivity index is 0.000000180. The number of benzene rings is 2. The second-order valence-corrected chi connectivity index (χ2v) is 4.40. The lowest BCUT2D eigenvalue weighted by atomic mass is 10.1. The van der Waals surface area contributed by atoms with Gasteiger partial charge in [-0.1, -0.05) is 60.7 Å². The highest BCUT2D eigenvalue weighted by Crippen LogP contribution is 2.07. The molecule has 0 saturated carbocycles. The highest BCUT2D eigenvalue weighted by molar-refractivity contribution is 5.17. The molecule has 2 nitrogen and oxygen atoms in total. The van der Waals surface area contributed by atoms with Gasteiger partial charge in [-0.2, -0.15) is 0 Å². The summed E-state index contributed by atoms with van der Waals surface area (Å²) in [5.74, 6) is 0. The van der Waals surface area contributed by atoms with Crippen LogP contribution in [0.15, 0.2) is 60.7 Å². The topological polar surface area (TPSA) is 52.0 Å². The van der Waals surface area contributed by atoms with Crippen molar-refractivity contribution < 1.29 is 0 Å². The second-order valence-electron chi connectivity index (χ2n) is 4.40. The molecule has 0 radical (unpaired) electrons. The Hall–Kier alpha value is -1.64. The molecule has 0 heterocycles. The molecule has 1 unspecified atom stereocenters. The van der Waals surface area contributed by atoms with Crippen LogP contribution in [-0.2, 0) is 0 Å². The van der Waals surface area contributed by atoms with Gasteiger partial charge in [-0.25, -0.2) is 0 Å². The van der Waals surface area contributed by atoms with E-state index < -0.39 is 0 Å². The largest absolute Gasteiger partial charge is 0.324 e. The molecule has 0 saturated heterocycles. The number of hydrogen-bond acceptors (Lipinski definition) is 2. The molecule has 4 N–H and O–H groups in total. The van der Waals surface area contributed by atoms with E-state index in [9.17, 15) is 0 Å². The van der Waals surface area contributed by atoms with Crippen molar-refractivity contribution in [1.29, 1.82) is 0 Å². The summed E-state index contributed by atoms with van der Waals surface area (Å²) in [6, 6.07) is 20.4. The summed E-state index contributed by atoms with van der Waals surface area (Å²) < 4.78 is 0. The molecule has 0 spiro atoms. The molecule has 2 heteroatoms. The van der Waals surface area contributed by atoms with Crippen LogP contribution in [0.4, 0.5) is 0 Å².